The number of rotatable bonds is 6. The minimum Gasteiger partial charge on any atom is -0.492 e. The molecule has 0 bridgehead atoms. The smallest absolute Gasteiger partial charge is 0.341 e. The van der Waals surface area contributed by atoms with Gasteiger partial charge in [0.1, 0.15) is 11.3 Å². The zero-order chi connectivity index (χ0) is 31.3. The largest absolute Gasteiger partial charge is 0.492 e. The van der Waals surface area contributed by atoms with Crippen molar-refractivity contribution in [3.63, 3.8) is 0 Å². The number of hydrogen-bond donors (Lipinski definition) is 2. The first-order valence-corrected chi connectivity index (χ1v) is 16.4. The van der Waals surface area contributed by atoms with Gasteiger partial charge in [-0.1, -0.05) is 19.3 Å². The maximum absolute atomic E-state index is 15.9. The second-order valence-corrected chi connectivity index (χ2v) is 13.6. The lowest BCUT2D eigenvalue weighted by molar-refractivity contribution is -0.136. The maximum Gasteiger partial charge on any atom is 0.341 e. The number of aromatic carboxylic acids is 1. The summed E-state index contributed by atoms with van der Waals surface area (Å²) in [6, 6.07) is 1.04. The van der Waals surface area contributed by atoms with Gasteiger partial charge in [0, 0.05) is 49.1 Å². The van der Waals surface area contributed by atoms with Crippen LogP contribution in [0.1, 0.15) is 68.3 Å². The highest BCUT2D eigenvalue weighted by Crippen LogP contribution is 2.48. The Morgan fingerprint density at radius 3 is 2.55 bits per heavy atom. The van der Waals surface area contributed by atoms with Crippen molar-refractivity contribution in [1.29, 1.82) is 0 Å². The number of piperazine rings is 1. The van der Waals surface area contributed by atoms with Crippen LogP contribution in [0.2, 0.25) is 0 Å². The zero-order valence-corrected chi connectivity index (χ0v) is 26.7. The number of ether oxygens (including phenoxy) is 2. The third-order valence-electron chi connectivity index (χ3n) is 9.24. The van der Waals surface area contributed by atoms with E-state index in [0.29, 0.717) is 41.1 Å². The number of methoxy groups -OCH3 is 2. The number of hydrogen-bond acceptors (Lipinski definition) is 8. The summed E-state index contributed by atoms with van der Waals surface area (Å²) in [5.74, 6) is -1.93. The average Bonchev–Trinajstić information content (AvgIpc) is 3.82. The normalized spacial score (nSPS) is 23.8. The summed E-state index contributed by atoms with van der Waals surface area (Å²) in [5, 5.41) is 14.6. The van der Waals surface area contributed by atoms with E-state index in [1.165, 1.54) is 26.8 Å². The molecule has 236 valence electrons. The molecular weight excluding hydrogens is 607 g/mol. The van der Waals surface area contributed by atoms with E-state index in [9.17, 15) is 19.5 Å². The molecule has 2 saturated carbocycles. The van der Waals surface area contributed by atoms with Gasteiger partial charge in [0.25, 0.3) is 0 Å². The van der Waals surface area contributed by atoms with E-state index in [2.05, 4.69) is 5.32 Å². The van der Waals surface area contributed by atoms with Crippen molar-refractivity contribution in [2.24, 2.45) is 5.92 Å². The Hall–Kier alpha value is -3.32. The van der Waals surface area contributed by atoms with Crippen LogP contribution in [0.15, 0.2) is 27.7 Å². The monoisotopic (exact) mass is 644 g/mol. The molecule has 2 aliphatic carbocycles. The molecule has 3 fully saturated rings. The van der Waals surface area contributed by atoms with Crippen LogP contribution < -0.4 is 20.4 Å². The van der Waals surface area contributed by atoms with E-state index in [-0.39, 0.29) is 46.4 Å². The van der Waals surface area contributed by atoms with Gasteiger partial charge in [-0.2, -0.15) is 0 Å². The van der Waals surface area contributed by atoms with E-state index in [0.717, 1.165) is 49.6 Å². The van der Waals surface area contributed by atoms with Gasteiger partial charge in [0.2, 0.25) is 5.43 Å². The van der Waals surface area contributed by atoms with Crippen molar-refractivity contribution in [3.05, 3.63) is 44.5 Å². The predicted octanol–water partition coefficient (Wildman–Crippen LogP) is 4.65. The molecule has 0 unspecified atom stereocenters. The number of carboxylic acid groups (broad SMARTS) is 1. The summed E-state index contributed by atoms with van der Waals surface area (Å²) in [7, 11) is 2.85. The van der Waals surface area contributed by atoms with Crippen molar-refractivity contribution in [1.82, 2.24) is 14.8 Å². The van der Waals surface area contributed by atoms with Crippen molar-refractivity contribution in [3.8, 4) is 5.75 Å². The average molecular weight is 645 g/mol. The highest BCUT2D eigenvalue weighted by Gasteiger charge is 2.41. The first kappa shape index (κ1) is 30.7. The van der Waals surface area contributed by atoms with Crippen LogP contribution in [-0.2, 0) is 9.53 Å². The number of nitrogens with zero attached hydrogens (tertiary/aromatic N) is 3. The topological polar surface area (TPSA) is 113 Å². The Bertz CT molecular complexity index is 1620. The Morgan fingerprint density at radius 2 is 1.89 bits per heavy atom. The number of halogens is 1. The Labute approximate surface area is 264 Å². The number of carbonyl (C=O) groups is 2. The summed E-state index contributed by atoms with van der Waals surface area (Å²) in [4.78, 5) is 41.7. The molecule has 1 aromatic heterocycles. The van der Waals surface area contributed by atoms with Gasteiger partial charge in [-0.25, -0.2) is 14.0 Å². The zero-order valence-electron chi connectivity index (χ0n) is 25.1. The van der Waals surface area contributed by atoms with Crippen LogP contribution in [-0.4, -0.2) is 76.8 Å². The van der Waals surface area contributed by atoms with Crippen LogP contribution in [0.5, 0.6) is 5.75 Å². The molecule has 44 heavy (non-hydrogen) atoms. The Balaban J connectivity index is 1.27. The molecule has 3 heterocycles. The summed E-state index contributed by atoms with van der Waals surface area (Å²) in [5.41, 5.74) is 0.218. The number of pyridine rings is 1. The molecule has 2 aromatic rings. The molecule has 0 spiro atoms. The summed E-state index contributed by atoms with van der Waals surface area (Å²) in [6.07, 6.45) is 8.44. The fourth-order valence-corrected chi connectivity index (χ4v) is 8.91. The molecule has 2 N–H and O–H groups in total. The second kappa shape index (κ2) is 12.2. The molecule has 13 heteroatoms. The molecular formula is C31H37FN4O6S2. The van der Waals surface area contributed by atoms with Crippen LogP contribution in [0.3, 0.4) is 0 Å². The van der Waals surface area contributed by atoms with Crippen molar-refractivity contribution < 1.29 is 28.6 Å². The van der Waals surface area contributed by atoms with Gasteiger partial charge in [-0.05, 0) is 50.9 Å². The molecule has 10 nitrogen and oxygen atoms in total. The van der Waals surface area contributed by atoms with Gasteiger partial charge in [-0.15, -0.1) is 11.8 Å². The fourth-order valence-electron chi connectivity index (χ4n) is 6.93. The molecule has 0 radical (unpaired) electrons. The van der Waals surface area contributed by atoms with Crippen molar-refractivity contribution in [2.75, 3.05) is 38.8 Å². The summed E-state index contributed by atoms with van der Waals surface area (Å²) >= 11 is 7.54. The lowest BCUT2D eigenvalue weighted by atomic mass is 9.92. The third kappa shape index (κ3) is 5.42. The van der Waals surface area contributed by atoms with E-state index in [1.807, 2.05) is 16.7 Å². The van der Waals surface area contributed by atoms with E-state index in [1.54, 1.807) is 16.3 Å². The lowest BCUT2D eigenvalue weighted by Gasteiger charge is -2.42. The van der Waals surface area contributed by atoms with Gasteiger partial charge in [-0.3, -0.25) is 4.79 Å². The van der Waals surface area contributed by atoms with Gasteiger partial charge < -0.3 is 34.3 Å². The van der Waals surface area contributed by atoms with Gasteiger partial charge >= 0.3 is 11.9 Å². The third-order valence-corrected chi connectivity index (χ3v) is 11.0. The molecule has 0 amide bonds. The molecule has 1 aromatic carbocycles. The Morgan fingerprint density at radius 1 is 1.14 bits per heavy atom. The van der Waals surface area contributed by atoms with E-state index >= 15 is 4.39 Å². The summed E-state index contributed by atoms with van der Waals surface area (Å²) in [6.45, 7) is 3.33. The SMILES string of the molecule is COC(=O)C1=C(NC(=S)N2CCN(c3c(F)cc4c(=O)c(C(=O)O)cn(C5CC5)c4c3OC)C[C@@H]2C)S[C@H]2CCCCC[C@H]12. The minimum atomic E-state index is -1.34. The number of nitrogens with one attached hydrogen (secondary N) is 1. The number of thioether (sulfide) groups is 1. The molecule has 3 atom stereocenters. The number of carbonyl (C=O) groups excluding carboxylic acids is 1. The Kier molecular flexibility index (Phi) is 8.53. The number of carboxylic acids is 1. The van der Waals surface area contributed by atoms with Crippen LogP contribution in [0.25, 0.3) is 10.9 Å². The quantitative estimate of drug-likeness (QED) is 0.339. The van der Waals surface area contributed by atoms with Gasteiger partial charge in [0.15, 0.2) is 16.7 Å². The number of fused-ring (bicyclic) bond motifs is 2. The standard InChI is InChI=1S/C31H37FN4O6S2/c1-16-14-34(11-12-35(16)31(43)33-28-23(30(40)42-3)18-7-5-4-6-8-22(18)44-28)25-21(32)13-19-24(27(25)41-2)36(17-9-10-17)15-20(26(19)37)29(38)39/h13,15-18,22H,4-12,14H2,1-3H3,(H,33,43)(H,38,39)/t16-,18-,22-/m0/s1. The van der Waals surface area contributed by atoms with Crippen molar-refractivity contribution in [2.45, 2.75) is 69.2 Å². The van der Waals surface area contributed by atoms with Crippen LogP contribution in [0, 0.1) is 11.7 Å². The number of anilines is 1. The van der Waals surface area contributed by atoms with Crippen molar-refractivity contribution >= 4 is 57.6 Å². The summed E-state index contributed by atoms with van der Waals surface area (Å²) < 4.78 is 28.6. The van der Waals surface area contributed by atoms with E-state index in [4.69, 9.17) is 21.7 Å². The predicted molar refractivity (Wildman–Crippen MR) is 171 cm³/mol. The second-order valence-electron chi connectivity index (χ2n) is 12.0. The van der Waals surface area contributed by atoms with Crippen LogP contribution >= 0.6 is 24.0 Å². The first-order valence-electron chi connectivity index (χ1n) is 15.1. The molecule has 4 aliphatic rings. The number of esters is 1. The van der Waals surface area contributed by atoms with Crippen LogP contribution in [0.4, 0.5) is 10.1 Å². The highest BCUT2D eigenvalue weighted by atomic mass is 32.2. The molecule has 6 rings (SSSR count). The first-order chi connectivity index (χ1) is 21.1. The minimum absolute atomic E-state index is 0.00743. The highest BCUT2D eigenvalue weighted by molar-refractivity contribution is 8.04. The van der Waals surface area contributed by atoms with Gasteiger partial charge in [0.05, 0.1) is 35.7 Å². The van der Waals surface area contributed by atoms with E-state index < -0.39 is 17.2 Å². The molecule has 1 saturated heterocycles. The lowest BCUT2D eigenvalue weighted by Crippen LogP contribution is -2.56. The maximum atomic E-state index is 15.9. The number of aromatic nitrogens is 1. The fraction of sp³-hybridized carbons (Fsp3) is 0.548. The molecule has 2 aliphatic heterocycles. The number of benzene rings is 1. The number of thiocarbonyl (C=S) groups is 1.